The normalized spacial score (nSPS) is 16.9. The SMILES string of the molecule is O=C1CN1c1cc(N2CC2=O)c(N2CC2=O)cc1-c1ccc(-c2ccccc2)nc1. The highest BCUT2D eigenvalue weighted by atomic mass is 16.2. The number of benzene rings is 2. The van der Waals surface area contributed by atoms with Gasteiger partial charge in [-0.25, -0.2) is 0 Å². The van der Waals surface area contributed by atoms with E-state index < -0.39 is 0 Å². The number of aromatic nitrogens is 1. The molecule has 7 nitrogen and oxygen atoms in total. The molecule has 0 N–H and O–H groups in total. The Morgan fingerprint density at radius 2 is 1.20 bits per heavy atom. The largest absolute Gasteiger partial charge is 0.301 e. The quantitative estimate of drug-likeness (QED) is 0.621. The molecule has 3 saturated heterocycles. The highest BCUT2D eigenvalue weighted by Crippen LogP contribution is 2.46. The minimum Gasteiger partial charge on any atom is -0.301 e. The molecule has 0 radical (unpaired) electrons. The molecule has 30 heavy (non-hydrogen) atoms. The van der Waals surface area contributed by atoms with Gasteiger partial charge in [0, 0.05) is 22.9 Å². The Balaban J connectivity index is 1.46. The second kappa shape index (κ2) is 6.00. The smallest absolute Gasteiger partial charge is 0.247 e. The first-order valence-electron chi connectivity index (χ1n) is 9.71. The molecule has 2 aromatic carbocycles. The average Bonchev–Trinajstić information content (AvgIpc) is 3.71. The van der Waals surface area contributed by atoms with Crippen molar-refractivity contribution in [1.29, 1.82) is 0 Å². The lowest BCUT2D eigenvalue weighted by Gasteiger charge is -2.17. The van der Waals surface area contributed by atoms with Crippen LogP contribution in [0.4, 0.5) is 17.1 Å². The average molecular weight is 396 g/mol. The lowest BCUT2D eigenvalue weighted by atomic mass is 10.0. The number of rotatable bonds is 5. The molecule has 146 valence electrons. The van der Waals surface area contributed by atoms with Crippen molar-refractivity contribution in [3.8, 4) is 22.4 Å². The van der Waals surface area contributed by atoms with Gasteiger partial charge < -0.3 is 4.90 Å². The second-order valence-corrected chi connectivity index (χ2v) is 7.60. The van der Waals surface area contributed by atoms with Crippen molar-refractivity contribution >= 4 is 34.8 Å². The van der Waals surface area contributed by atoms with Crippen LogP contribution >= 0.6 is 0 Å². The van der Waals surface area contributed by atoms with E-state index in [2.05, 4.69) is 4.98 Å². The van der Waals surface area contributed by atoms with Gasteiger partial charge in [-0.1, -0.05) is 36.4 Å². The van der Waals surface area contributed by atoms with Crippen LogP contribution in [0, 0.1) is 0 Å². The monoisotopic (exact) mass is 396 g/mol. The summed E-state index contributed by atoms with van der Waals surface area (Å²) in [5, 5.41) is 0. The van der Waals surface area contributed by atoms with Crippen molar-refractivity contribution < 1.29 is 14.4 Å². The first kappa shape index (κ1) is 16.9. The van der Waals surface area contributed by atoms with Gasteiger partial charge in [0.25, 0.3) is 0 Å². The van der Waals surface area contributed by atoms with Crippen molar-refractivity contribution in [2.75, 3.05) is 34.3 Å². The number of hydrogen-bond donors (Lipinski definition) is 0. The third-order valence-electron chi connectivity index (χ3n) is 5.58. The Bertz CT molecular complexity index is 1240. The van der Waals surface area contributed by atoms with Crippen molar-refractivity contribution in [2.24, 2.45) is 0 Å². The zero-order valence-corrected chi connectivity index (χ0v) is 15.9. The van der Waals surface area contributed by atoms with Crippen LogP contribution in [0.15, 0.2) is 60.8 Å². The van der Waals surface area contributed by atoms with Crippen LogP contribution in [0.1, 0.15) is 0 Å². The Labute approximate surface area is 172 Å². The maximum Gasteiger partial charge on any atom is 0.247 e. The van der Waals surface area contributed by atoms with Crippen LogP contribution in [-0.4, -0.2) is 42.3 Å². The van der Waals surface area contributed by atoms with Crippen LogP contribution in [0.25, 0.3) is 22.4 Å². The number of amides is 3. The van der Waals surface area contributed by atoms with Gasteiger partial charge in [-0.05, 0) is 18.2 Å². The number of pyridine rings is 1. The molecule has 7 heteroatoms. The molecule has 0 unspecified atom stereocenters. The maximum absolute atomic E-state index is 11.9. The molecule has 0 aliphatic carbocycles. The standard InChI is InChI=1S/C23H16N4O3/c28-21-11-25(21)18-9-20(27-13-23(27)30)19(26-12-22(26)29)8-16(18)15-6-7-17(24-10-15)14-4-2-1-3-5-14/h1-10H,11-13H2. The van der Waals surface area contributed by atoms with Gasteiger partial charge in [0.2, 0.25) is 17.7 Å². The first-order valence-corrected chi connectivity index (χ1v) is 9.71. The number of nitrogens with zero attached hydrogens (tertiary/aromatic N) is 4. The fourth-order valence-electron chi connectivity index (χ4n) is 3.74. The van der Waals surface area contributed by atoms with E-state index in [9.17, 15) is 14.4 Å². The molecule has 3 amide bonds. The van der Waals surface area contributed by atoms with E-state index in [0.29, 0.717) is 31.0 Å². The highest BCUT2D eigenvalue weighted by molar-refractivity contribution is 6.21. The Morgan fingerprint density at radius 3 is 1.73 bits per heavy atom. The molecule has 1 aromatic heterocycles. The van der Waals surface area contributed by atoms with Gasteiger partial charge in [-0.3, -0.25) is 29.2 Å². The summed E-state index contributed by atoms with van der Waals surface area (Å²) in [6.45, 7) is 1.01. The Hall–Kier alpha value is -4.00. The lowest BCUT2D eigenvalue weighted by molar-refractivity contribution is -0.110. The number of anilines is 3. The fraction of sp³-hybridized carbons (Fsp3) is 0.130. The molecule has 0 spiro atoms. The van der Waals surface area contributed by atoms with Gasteiger partial charge >= 0.3 is 0 Å². The molecule has 3 aliphatic heterocycles. The number of hydrogen-bond acceptors (Lipinski definition) is 4. The van der Waals surface area contributed by atoms with Crippen molar-refractivity contribution in [2.45, 2.75) is 0 Å². The summed E-state index contributed by atoms with van der Waals surface area (Å²) in [5.41, 5.74) is 5.67. The number of carbonyl (C=O) groups excluding carboxylic acids is 3. The summed E-state index contributed by atoms with van der Waals surface area (Å²) in [7, 11) is 0. The van der Waals surface area contributed by atoms with Crippen molar-refractivity contribution in [3.63, 3.8) is 0 Å². The number of carbonyl (C=O) groups is 3. The molecular weight excluding hydrogens is 380 g/mol. The van der Waals surface area contributed by atoms with Gasteiger partial charge in [0.05, 0.1) is 22.8 Å². The minimum atomic E-state index is 0.00949. The predicted octanol–water partition coefficient (Wildman–Crippen LogP) is 2.46. The Kier molecular flexibility index (Phi) is 3.38. The summed E-state index contributed by atoms with van der Waals surface area (Å²) in [5.74, 6) is 0.0589. The van der Waals surface area contributed by atoms with Gasteiger partial charge in [0.15, 0.2) is 0 Å². The van der Waals surface area contributed by atoms with E-state index in [4.69, 9.17) is 0 Å². The highest BCUT2D eigenvalue weighted by Gasteiger charge is 2.42. The van der Waals surface area contributed by atoms with Crippen LogP contribution in [-0.2, 0) is 14.4 Å². The minimum absolute atomic E-state index is 0.00949. The van der Waals surface area contributed by atoms with Crippen molar-refractivity contribution in [3.05, 3.63) is 60.8 Å². The molecule has 0 bridgehead atoms. The van der Waals surface area contributed by atoms with Gasteiger partial charge in [0.1, 0.15) is 19.6 Å². The van der Waals surface area contributed by atoms with E-state index in [0.717, 1.165) is 28.1 Å². The third-order valence-corrected chi connectivity index (χ3v) is 5.58. The zero-order chi connectivity index (χ0) is 20.4. The predicted molar refractivity (Wildman–Crippen MR) is 112 cm³/mol. The fourth-order valence-corrected chi connectivity index (χ4v) is 3.74. The summed E-state index contributed by atoms with van der Waals surface area (Å²) in [6, 6.07) is 17.6. The maximum atomic E-state index is 11.9. The summed E-state index contributed by atoms with van der Waals surface area (Å²) >= 11 is 0. The molecule has 0 atom stereocenters. The Morgan fingerprint density at radius 1 is 0.633 bits per heavy atom. The third kappa shape index (κ3) is 2.75. The van der Waals surface area contributed by atoms with Crippen LogP contribution in [0.2, 0.25) is 0 Å². The first-order chi connectivity index (χ1) is 14.6. The van der Waals surface area contributed by atoms with Crippen LogP contribution in [0.5, 0.6) is 0 Å². The molecule has 3 aliphatic rings. The van der Waals surface area contributed by atoms with E-state index in [1.54, 1.807) is 20.9 Å². The van der Waals surface area contributed by atoms with Crippen molar-refractivity contribution in [1.82, 2.24) is 4.98 Å². The van der Waals surface area contributed by atoms with Crippen LogP contribution < -0.4 is 14.7 Å². The van der Waals surface area contributed by atoms with E-state index in [1.807, 2.05) is 54.6 Å². The molecule has 4 heterocycles. The molecule has 0 saturated carbocycles. The van der Waals surface area contributed by atoms with E-state index >= 15 is 0 Å². The molecule has 6 rings (SSSR count). The second-order valence-electron chi connectivity index (χ2n) is 7.60. The molecular formula is C23H16N4O3. The summed E-state index contributed by atoms with van der Waals surface area (Å²) in [6.07, 6.45) is 1.78. The molecule has 3 aromatic rings. The lowest BCUT2D eigenvalue weighted by Crippen LogP contribution is -2.06. The summed E-state index contributed by atoms with van der Waals surface area (Å²) in [4.78, 5) is 45.1. The van der Waals surface area contributed by atoms with Crippen LogP contribution in [0.3, 0.4) is 0 Å². The van der Waals surface area contributed by atoms with Gasteiger partial charge in [-0.15, -0.1) is 0 Å². The molecule has 3 fully saturated rings. The van der Waals surface area contributed by atoms with Gasteiger partial charge in [-0.2, -0.15) is 0 Å². The van der Waals surface area contributed by atoms with E-state index in [-0.39, 0.29) is 17.7 Å². The summed E-state index contributed by atoms with van der Waals surface area (Å²) < 4.78 is 0. The topological polar surface area (TPSA) is 73.1 Å². The zero-order valence-electron chi connectivity index (χ0n) is 15.9. The van der Waals surface area contributed by atoms with E-state index in [1.165, 1.54) is 0 Å².